The summed E-state index contributed by atoms with van der Waals surface area (Å²) in [7, 11) is 1.90. The number of nitrogen functional groups attached to an aromatic ring is 1. The van der Waals surface area contributed by atoms with Crippen molar-refractivity contribution in [1.29, 1.82) is 0 Å². The summed E-state index contributed by atoms with van der Waals surface area (Å²) in [5.41, 5.74) is 6.40. The first-order valence-electron chi connectivity index (χ1n) is 6.19. The Balaban J connectivity index is 2.03. The van der Waals surface area contributed by atoms with Gasteiger partial charge in [-0.05, 0) is 43.0 Å². The van der Waals surface area contributed by atoms with Crippen molar-refractivity contribution < 1.29 is 4.79 Å². The Bertz CT molecular complexity index is 394. The lowest BCUT2D eigenvalue weighted by Crippen LogP contribution is -2.39. The minimum absolute atomic E-state index is 0.0806. The van der Waals surface area contributed by atoms with Gasteiger partial charge in [-0.3, -0.25) is 4.79 Å². The Morgan fingerprint density at radius 2 is 2.06 bits per heavy atom. The van der Waals surface area contributed by atoms with Crippen LogP contribution in [0.1, 0.15) is 42.3 Å². The third kappa shape index (κ3) is 2.63. The Kier molecular flexibility index (Phi) is 3.72. The number of nitrogens with zero attached hydrogens (tertiary/aromatic N) is 1. The number of hydrogen-bond donors (Lipinski definition) is 1. The summed E-state index contributed by atoms with van der Waals surface area (Å²) in [5.74, 6) is 0.888. The Labute approximate surface area is 107 Å². The second-order valence-electron chi connectivity index (χ2n) is 5.03. The van der Waals surface area contributed by atoms with Crippen LogP contribution in [0.25, 0.3) is 0 Å². The first-order valence-corrected chi connectivity index (χ1v) is 7.07. The van der Waals surface area contributed by atoms with Crippen molar-refractivity contribution >= 4 is 22.9 Å². The molecule has 1 heterocycles. The summed E-state index contributed by atoms with van der Waals surface area (Å²) >= 11 is 1.43. The minimum Gasteiger partial charge on any atom is -0.397 e. The molecule has 0 atom stereocenters. The molecule has 0 bridgehead atoms. The average Bonchev–Trinajstić information content (AvgIpc) is 2.74. The summed E-state index contributed by atoms with van der Waals surface area (Å²) in [5, 5.41) is 1.87. The molecule has 2 rings (SSSR count). The molecule has 1 aromatic rings. The maximum absolute atomic E-state index is 12.3. The van der Waals surface area contributed by atoms with E-state index in [9.17, 15) is 4.79 Å². The number of hydrogen-bond acceptors (Lipinski definition) is 3. The van der Waals surface area contributed by atoms with Crippen LogP contribution < -0.4 is 5.73 Å². The molecule has 1 fully saturated rings. The predicted octanol–water partition coefficient (Wildman–Crippen LogP) is 2.98. The van der Waals surface area contributed by atoms with E-state index >= 15 is 0 Å². The van der Waals surface area contributed by atoms with E-state index in [0.717, 1.165) is 18.8 Å². The summed E-state index contributed by atoms with van der Waals surface area (Å²) < 4.78 is 0. The standard InChI is InChI=1S/C13H20N2OS/c1-9-3-5-10(6-4-9)15(2)13(16)12-11(14)7-8-17-12/h7-10H,3-6,14H2,1-2H3. The molecule has 0 radical (unpaired) electrons. The molecule has 0 aliphatic heterocycles. The van der Waals surface area contributed by atoms with E-state index in [0.29, 0.717) is 16.6 Å². The van der Waals surface area contributed by atoms with Crippen LogP contribution in [0.5, 0.6) is 0 Å². The molecule has 94 valence electrons. The van der Waals surface area contributed by atoms with Crippen LogP contribution in [0.15, 0.2) is 11.4 Å². The van der Waals surface area contributed by atoms with Crippen LogP contribution in [-0.4, -0.2) is 23.9 Å². The molecule has 1 aromatic heterocycles. The first kappa shape index (κ1) is 12.4. The fourth-order valence-electron chi connectivity index (χ4n) is 2.45. The van der Waals surface area contributed by atoms with E-state index in [-0.39, 0.29) is 5.91 Å². The number of amides is 1. The summed E-state index contributed by atoms with van der Waals surface area (Å²) in [4.78, 5) is 14.8. The smallest absolute Gasteiger partial charge is 0.266 e. The SMILES string of the molecule is CC1CCC(N(C)C(=O)c2sccc2N)CC1. The highest BCUT2D eigenvalue weighted by Crippen LogP contribution is 2.29. The van der Waals surface area contributed by atoms with Gasteiger partial charge in [-0.15, -0.1) is 11.3 Å². The van der Waals surface area contributed by atoms with Crippen LogP contribution in [0.3, 0.4) is 0 Å². The van der Waals surface area contributed by atoms with Crippen LogP contribution in [0, 0.1) is 5.92 Å². The van der Waals surface area contributed by atoms with Crippen molar-refractivity contribution in [3.63, 3.8) is 0 Å². The molecule has 1 saturated carbocycles. The van der Waals surface area contributed by atoms with Gasteiger partial charge in [-0.1, -0.05) is 6.92 Å². The fraction of sp³-hybridized carbons (Fsp3) is 0.615. The van der Waals surface area contributed by atoms with Crippen molar-refractivity contribution in [2.75, 3.05) is 12.8 Å². The largest absolute Gasteiger partial charge is 0.397 e. The van der Waals surface area contributed by atoms with Gasteiger partial charge in [-0.25, -0.2) is 0 Å². The average molecular weight is 252 g/mol. The summed E-state index contributed by atoms with van der Waals surface area (Å²) in [6.07, 6.45) is 4.69. The number of carbonyl (C=O) groups is 1. The lowest BCUT2D eigenvalue weighted by Gasteiger charge is -2.33. The van der Waals surface area contributed by atoms with Gasteiger partial charge in [0, 0.05) is 13.1 Å². The van der Waals surface area contributed by atoms with Crippen LogP contribution in [0.2, 0.25) is 0 Å². The summed E-state index contributed by atoms with van der Waals surface area (Å²) in [6.45, 7) is 2.29. The molecule has 0 aromatic carbocycles. The third-order valence-corrected chi connectivity index (χ3v) is 4.66. The first-order chi connectivity index (χ1) is 8.09. The molecule has 0 saturated heterocycles. The van der Waals surface area contributed by atoms with Crippen LogP contribution in [-0.2, 0) is 0 Å². The Hall–Kier alpha value is -1.03. The number of thiophene rings is 1. The topological polar surface area (TPSA) is 46.3 Å². The maximum Gasteiger partial charge on any atom is 0.266 e. The maximum atomic E-state index is 12.3. The van der Waals surface area contributed by atoms with Gasteiger partial charge in [0.2, 0.25) is 0 Å². The Morgan fingerprint density at radius 1 is 1.41 bits per heavy atom. The van der Waals surface area contributed by atoms with E-state index < -0.39 is 0 Å². The van der Waals surface area contributed by atoms with E-state index in [1.54, 1.807) is 6.07 Å². The van der Waals surface area contributed by atoms with Crippen molar-refractivity contribution in [2.45, 2.75) is 38.6 Å². The van der Waals surface area contributed by atoms with E-state index in [4.69, 9.17) is 5.73 Å². The molecule has 1 amide bonds. The van der Waals surface area contributed by atoms with Crippen molar-refractivity contribution in [3.8, 4) is 0 Å². The molecule has 3 nitrogen and oxygen atoms in total. The molecule has 1 aliphatic rings. The van der Waals surface area contributed by atoms with Crippen LogP contribution >= 0.6 is 11.3 Å². The quantitative estimate of drug-likeness (QED) is 0.879. The van der Waals surface area contributed by atoms with Gasteiger partial charge in [0.1, 0.15) is 4.88 Å². The minimum atomic E-state index is 0.0806. The lowest BCUT2D eigenvalue weighted by molar-refractivity contribution is 0.0685. The van der Waals surface area contributed by atoms with Gasteiger partial charge in [0.05, 0.1) is 5.69 Å². The number of rotatable bonds is 2. The number of carbonyl (C=O) groups excluding carboxylic acids is 1. The zero-order chi connectivity index (χ0) is 12.4. The van der Waals surface area contributed by atoms with Gasteiger partial charge >= 0.3 is 0 Å². The molecule has 4 heteroatoms. The highest BCUT2D eigenvalue weighted by atomic mass is 32.1. The van der Waals surface area contributed by atoms with Gasteiger partial charge in [0.25, 0.3) is 5.91 Å². The van der Waals surface area contributed by atoms with E-state index in [1.165, 1.54) is 24.2 Å². The third-order valence-electron chi connectivity index (χ3n) is 3.74. The summed E-state index contributed by atoms with van der Waals surface area (Å²) in [6, 6.07) is 2.19. The predicted molar refractivity (Wildman–Crippen MR) is 72.2 cm³/mol. The highest BCUT2D eigenvalue weighted by molar-refractivity contribution is 7.12. The fourth-order valence-corrected chi connectivity index (χ4v) is 3.25. The molecule has 1 aliphatic carbocycles. The molecule has 17 heavy (non-hydrogen) atoms. The normalized spacial score (nSPS) is 24.6. The van der Waals surface area contributed by atoms with Crippen LogP contribution in [0.4, 0.5) is 5.69 Å². The van der Waals surface area contributed by atoms with Crippen molar-refractivity contribution in [2.24, 2.45) is 5.92 Å². The molecular weight excluding hydrogens is 232 g/mol. The van der Waals surface area contributed by atoms with Gasteiger partial charge < -0.3 is 10.6 Å². The van der Waals surface area contributed by atoms with E-state index in [2.05, 4.69) is 6.92 Å². The molecule has 0 unspecified atom stereocenters. The van der Waals surface area contributed by atoms with E-state index in [1.807, 2.05) is 17.3 Å². The highest BCUT2D eigenvalue weighted by Gasteiger charge is 2.26. The molecule has 2 N–H and O–H groups in total. The molecular formula is C13H20N2OS. The van der Waals surface area contributed by atoms with Crippen molar-refractivity contribution in [1.82, 2.24) is 4.90 Å². The van der Waals surface area contributed by atoms with Gasteiger partial charge in [-0.2, -0.15) is 0 Å². The monoisotopic (exact) mass is 252 g/mol. The van der Waals surface area contributed by atoms with Gasteiger partial charge in [0.15, 0.2) is 0 Å². The zero-order valence-electron chi connectivity index (χ0n) is 10.5. The number of anilines is 1. The number of nitrogens with two attached hydrogens (primary N) is 1. The second-order valence-corrected chi connectivity index (χ2v) is 5.95. The lowest BCUT2D eigenvalue weighted by atomic mass is 9.87. The second kappa shape index (κ2) is 5.08. The zero-order valence-corrected chi connectivity index (χ0v) is 11.3. The molecule has 0 spiro atoms. The Morgan fingerprint density at radius 3 is 2.59 bits per heavy atom. The van der Waals surface area contributed by atoms with Crippen molar-refractivity contribution in [3.05, 3.63) is 16.3 Å².